The number of aliphatic hydroxyl groups is 1. The molecule has 0 aliphatic heterocycles. The number of nitrogens with one attached hydrogen (secondary N) is 5. The molecule has 5 unspecified atom stereocenters. The SMILES string of the molecule is CC(N)C(=O)NC(Cc1ccc(O)cc1)C(=O)NC(C)C(=O)NC(Cc1ccccc1)C(=O)NC(CO)C(=O)NCC(=O)O. The summed E-state index contributed by atoms with van der Waals surface area (Å²) in [6.45, 7) is 1.23. The standard InChI is InChI=1S/C29H38N6O9/c1-16(30)25(40)33-21(13-19-8-10-20(37)11-9-19)28(43)32-17(2)26(41)34-22(12-18-6-4-3-5-7-18)29(44)35-23(15-36)27(42)31-14-24(38)39/h3-11,16-17,21-23,36-37H,12-15,30H2,1-2H3,(H,31,42)(H,32,43)(H,33,40)(H,34,41)(H,35,44)(H,38,39). The molecule has 2 aromatic rings. The van der Waals surface area contributed by atoms with Crippen LogP contribution < -0.4 is 32.3 Å². The summed E-state index contributed by atoms with van der Waals surface area (Å²) in [5.74, 6) is -5.19. The first-order chi connectivity index (χ1) is 20.8. The van der Waals surface area contributed by atoms with Gasteiger partial charge in [-0.05, 0) is 37.1 Å². The summed E-state index contributed by atoms with van der Waals surface area (Å²) in [5.41, 5.74) is 6.89. The molecule has 0 aliphatic rings. The van der Waals surface area contributed by atoms with Gasteiger partial charge >= 0.3 is 5.97 Å². The van der Waals surface area contributed by atoms with E-state index in [0.717, 1.165) is 0 Å². The van der Waals surface area contributed by atoms with Gasteiger partial charge in [-0.2, -0.15) is 0 Å². The first-order valence-corrected chi connectivity index (χ1v) is 13.7. The molecule has 5 amide bonds. The van der Waals surface area contributed by atoms with Gasteiger partial charge in [-0.15, -0.1) is 0 Å². The van der Waals surface area contributed by atoms with Crippen LogP contribution in [-0.2, 0) is 41.6 Å². The van der Waals surface area contributed by atoms with Crippen molar-refractivity contribution in [3.8, 4) is 5.75 Å². The Kier molecular flexibility index (Phi) is 13.7. The Morgan fingerprint density at radius 3 is 1.70 bits per heavy atom. The van der Waals surface area contributed by atoms with Crippen LogP contribution in [-0.4, -0.2) is 94.2 Å². The number of benzene rings is 2. The van der Waals surface area contributed by atoms with Crippen LogP contribution in [0.5, 0.6) is 5.75 Å². The van der Waals surface area contributed by atoms with Gasteiger partial charge in [0.1, 0.15) is 36.5 Å². The summed E-state index contributed by atoms with van der Waals surface area (Å²) >= 11 is 0. The minimum atomic E-state index is -1.50. The highest BCUT2D eigenvalue weighted by Crippen LogP contribution is 2.12. The number of carboxylic acid groups (broad SMARTS) is 1. The number of hydrogen-bond acceptors (Lipinski definition) is 9. The largest absolute Gasteiger partial charge is 0.508 e. The molecule has 0 saturated heterocycles. The van der Waals surface area contributed by atoms with Crippen LogP contribution in [0.25, 0.3) is 0 Å². The smallest absolute Gasteiger partial charge is 0.322 e. The molecule has 0 bridgehead atoms. The van der Waals surface area contributed by atoms with Gasteiger partial charge in [0.2, 0.25) is 29.5 Å². The number of phenols is 1. The first-order valence-electron chi connectivity index (χ1n) is 13.7. The molecule has 238 valence electrons. The second-order valence-corrected chi connectivity index (χ2v) is 10.1. The molecule has 0 saturated carbocycles. The van der Waals surface area contributed by atoms with Crippen LogP contribution in [0.4, 0.5) is 0 Å². The topological polar surface area (TPSA) is 249 Å². The van der Waals surface area contributed by atoms with Crippen LogP contribution in [0.2, 0.25) is 0 Å². The van der Waals surface area contributed by atoms with Crippen LogP contribution >= 0.6 is 0 Å². The summed E-state index contributed by atoms with van der Waals surface area (Å²) in [6, 6.07) is 8.55. The number of nitrogens with two attached hydrogens (primary N) is 1. The number of rotatable bonds is 16. The van der Waals surface area contributed by atoms with Crippen LogP contribution in [0, 0.1) is 0 Å². The van der Waals surface area contributed by atoms with Gasteiger partial charge < -0.3 is 47.6 Å². The second kappa shape index (κ2) is 17.2. The molecule has 0 radical (unpaired) electrons. The second-order valence-electron chi connectivity index (χ2n) is 10.1. The van der Waals surface area contributed by atoms with E-state index in [-0.39, 0.29) is 18.6 Å². The lowest BCUT2D eigenvalue weighted by Gasteiger charge is -2.25. The fourth-order valence-electron chi connectivity index (χ4n) is 3.87. The molecule has 44 heavy (non-hydrogen) atoms. The molecule has 15 heteroatoms. The Morgan fingerprint density at radius 2 is 1.18 bits per heavy atom. The molecule has 0 aromatic heterocycles. The van der Waals surface area contributed by atoms with Crippen molar-refractivity contribution in [2.75, 3.05) is 13.2 Å². The molecule has 0 fully saturated rings. The van der Waals surface area contributed by atoms with Gasteiger partial charge in [-0.3, -0.25) is 28.8 Å². The van der Waals surface area contributed by atoms with E-state index in [1.807, 2.05) is 0 Å². The first kappa shape index (κ1) is 35.2. The quantitative estimate of drug-likeness (QED) is 0.0976. The van der Waals surface area contributed by atoms with Crippen molar-refractivity contribution in [1.82, 2.24) is 26.6 Å². The Bertz CT molecular complexity index is 1300. The van der Waals surface area contributed by atoms with Gasteiger partial charge in [0.05, 0.1) is 12.6 Å². The highest BCUT2D eigenvalue weighted by molar-refractivity contribution is 5.96. The molecular weight excluding hydrogens is 576 g/mol. The fourth-order valence-corrected chi connectivity index (χ4v) is 3.87. The molecule has 5 atom stereocenters. The Hall–Kier alpha value is -5.02. The van der Waals surface area contributed by atoms with Crippen LogP contribution in [0.3, 0.4) is 0 Å². The number of aliphatic hydroxyl groups excluding tert-OH is 1. The minimum absolute atomic E-state index is 0.0138. The van der Waals surface area contributed by atoms with E-state index in [1.165, 1.54) is 26.0 Å². The molecular formula is C29H38N6O9. The Labute approximate surface area is 253 Å². The number of carbonyl (C=O) groups is 6. The van der Waals surface area contributed by atoms with Gasteiger partial charge in [-0.25, -0.2) is 0 Å². The zero-order chi connectivity index (χ0) is 32.8. The highest BCUT2D eigenvalue weighted by atomic mass is 16.4. The lowest BCUT2D eigenvalue weighted by Crippen LogP contribution is -2.59. The fraction of sp³-hybridized carbons (Fsp3) is 0.379. The molecule has 2 rings (SSSR count). The van der Waals surface area contributed by atoms with Gasteiger partial charge in [0, 0.05) is 12.8 Å². The van der Waals surface area contributed by atoms with E-state index in [2.05, 4.69) is 26.6 Å². The summed E-state index contributed by atoms with van der Waals surface area (Å²) in [6.07, 6.45) is -0.00760. The van der Waals surface area contributed by atoms with Crippen molar-refractivity contribution < 1.29 is 44.1 Å². The van der Waals surface area contributed by atoms with Gasteiger partial charge in [0.25, 0.3) is 0 Å². The van der Waals surface area contributed by atoms with Crippen molar-refractivity contribution in [3.63, 3.8) is 0 Å². The highest BCUT2D eigenvalue weighted by Gasteiger charge is 2.30. The van der Waals surface area contributed by atoms with E-state index < -0.39 is 78.9 Å². The number of hydrogen-bond donors (Lipinski definition) is 9. The number of carboxylic acids is 1. The summed E-state index contributed by atoms with van der Waals surface area (Å²) < 4.78 is 0. The van der Waals surface area contributed by atoms with E-state index >= 15 is 0 Å². The number of amides is 5. The minimum Gasteiger partial charge on any atom is -0.508 e. The van der Waals surface area contributed by atoms with Gasteiger partial charge in [0.15, 0.2) is 0 Å². The average Bonchev–Trinajstić information content (AvgIpc) is 2.99. The van der Waals surface area contributed by atoms with E-state index in [4.69, 9.17) is 10.8 Å². The summed E-state index contributed by atoms with van der Waals surface area (Å²) in [4.78, 5) is 74.8. The third kappa shape index (κ3) is 11.7. The van der Waals surface area contributed by atoms with E-state index in [0.29, 0.717) is 11.1 Å². The van der Waals surface area contributed by atoms with Gasteiger partial charge in [-0.1, -0.05) is 42.5 Å². The maximum absolute atomic E-state index is 13.2. The Morgan fingerprint density at radius 1 is 0.682 bits per heavy atom. The van der Waals surface area contributed by atoms with Crippen molar-refractivity contribution in [2.45, 2.75) is 56.9 Å². The van der Waals surface area contributed by atoms with Crippen LogP contribution in [0.15, 0.2) is 54.6 Å². The number of aromatic hydroxyl groups is 1. The number of aliphatic carboxylic acids is 1. The normalized spacial score (nSPS) is 14.1. The van der Waals surface area contributed by atoms with Crippen molar-refractivity contribution >= 4 is 35.5 Å². The summed E-state index contributed by atoms with van der Waals surface area (Å²) in [7, 11) is 0. The molecule has 2 aromatic carbocycles. The Balaban J connectivity index is 2.17. The lowest BCUT2D eigenvalue weighted by molar-refractivity contribution is -0.139. The number of carbonyl (C=O) groups excluding carboxylic acids is 5. The van der Waals surface area contributed by atoms with E-state index in [1.54, 1.807) is 42.5 Å². The average molecular weight is 615 g/mol. The third-order valence-corrected chi connectivity index (χ3v) is 6.32. The summed E-state index contributed by atoms with van der Waals surface area (Å²) in [5, 5.41) is 39.9. The molecule has 0 spiro atoms. The molecule has 15 nitrogen and oxygen atoms in total. The maximum Gasteiger partial charge on any atom is 0.322 e. The van der Waals surface area contributed by atoms with Crippen molar-refractivity contribution in [1.29, 1.82) is 0 Å². The maximum atomic E-state index is 13.2. The zero-order valence-corrected chi connectivity index (χ0v) is 24.3. The predicted octanol–water partition coefficient (Wildman–Crippen LogP) is -2.32. The third-order valence-electron chi connectivity index (χ3n) is 6.32. The lowest BCUT2D eigenvalue weighted by atomic mass is 10.0. The number of phenolic OH excluding ortho intramolecular Hbond substituents is 1. The van der Waals surface area contributed by atoms with Crippen molar-refractivity contribution in [2.24, 2.45) is 5.73 Å². The monoisotopic (exact) mass is 614 g/mol. The molecule has 0 aliphatic carbocycles. The van der Waals surface area contributed by atoms with E-state index in [9.17, 15) is 39.0 Å². The molecule has 10 N–H and O–H groups in total. The predicted molar refractivity (Wildman–Crippen MR) is 157 cm³/mol. The zero-order valence-electron chi connectivity index (χ0n) is 24.3. The molecule has 0 heterocycles. The van der Waals surface area contributed by atoms with Crippen molar-refractivity contribution in [3.05, 3.63) is 65.7 Å². The van der Waals surface area contributed by atoms with Crippen LogP contribution in [0.1, 0.15) is 25.0 Å².